The van der Waals surface area contributed by atoms with Gasteiger partial charge in [-0.3, -0.25) is 4.79 Å². The average Bonchev–Trinajstić information content (AvgIpc) is 2.10. The van der Waals surface area contributed by atoms with E-state index in [9.17, 15) is 4.79 Å². The van der Waals surface area contributed by atoms with Gasteiger partial charge in [0.2, 0.25) is 14.2 Å². The lowest BCUT2D eigenvalue weighted by atomic mass is 10.2. The third-order valence-electron chi connectivity index (χ3n) is 1.99. The van der Waals surface area contributed by atoms with Crippen LogP contribution in [0.1, 0.15) is 12.5 Å². The van der Waals surface area contributed by atoms with Gasteiger partial charge in [-0.05, 0) is 44.3 Å². The van der Waals surface area contributed by atoms with Gasteiger partial charge in [-0.2, -0.15) is 0 Å². The number of hydrogen-bond donors (Lipinski definition) is 1. The fourth-order valence-corrected chi connectivity index (χ4v) is 2.35. The minimum Gasteiger partial charge on any atom is -0.543 e. The number of nitrogens with one attached hydrogen (secondary N) is 1. The second kappa shape index (κ2) is 5.10. The lowest BCUT2D eigenvalue weighted by Gasteiger charge is -2.22. The topological polar surface area (TPSA) is 38.3 Å². The molecular weight excluding hydrogens is 254 g/mol. The van der Waals surface area contributed by atoms with Crippen molar-refractivity contribution in [2.24, 2.45) is 0 Å². The fourth-order valence-electron chi connectivity index (χ4n) is 1.36. The predicted molar refractivity (Wildman–Crippen MR) is 74.5 cm³/mol. The van der Waals surface area contributed by atoms with Crippen molar-refractivity contribution in [1.29, 1.82) is 0 Å². The number of aryl methyl sites for hydroxylation is 1. The molecule has 0 atom stereocenters. The molecule has 0 heterocycles. The van der Waals surface area contributed by atoms with E-state index < -0.39 is 8.32 Å². The molecule has 0 bridgehead atoms. The number of amides is 1. The van der Waals surface area contributed by atoms with Crippen LogP contribution in [-0.4, -0.2) is 14.2 Å². The van der Waals surface area contributed by atoms with E-state index in [2.05, 4.69) is 25.0 Å². The summed E-state index contributed by atoms with van der Waals surface area (Å²) in [7, 11) is -1.72. The Morgan fingerprint density at radius 3 is 2.41 bits per heavy atom. The molecule has 3 nitrogen and oxygen atoms in total. The first kappa shape index (κ1) is 14.1. The average molecular weight is 272 g/mol. The molecule has 1 amide bonds. The Morgan fingerprint density at radius 2 is 1.94 bits per heavy atom. The molecule has 0 aliphatic heterocycles. The summed E-state index contributed by atoms with van der Waals surface area (Å²) in [6.45, 7) is 9.65. The minimum absolute atomic E-state index is 0.134. The summed E-state index contributed by atoms with van der Waals surface area (Å²) in [4.78, 5) is 11.1. The Kier molecular flexibility index (Phi) is 4.22. The molecule has 1 rings (SSSR count). The highest BCUT2D eigenvalue weighted by atomic mass is 35.5. The molecule has 94 valence electrons. The van der Waals surface area contributed by atoms with Gasteiger partial charge in [-0.1, -0.05) is 11.6 Å². The Labute approximate surface area is 108 Å². The van der Waals surface area contributed by atoms with Crippen molar-refractivity contribution in [3.8, 4) is 5.75 Å². The highest BCUT2D eigenvalue weighted by molar-refractivity contribution is 6.70. The SMILES string of the molecule is CC(=O)Nc1cc(Cl)c(C)cc1O[Si](C)(C)C. The van der Waals surface area contributed by atoms with Crippen LogP contribution in [0.25, 0.3) is 0 Å². The van der Waals surface area contributed by atoms with Crippen molar-refractivity contribution < 1.29 is 9.22 Å². The van der Waals surface area contributed by atoms with E-state index in [0.717, 1.165) is 5.56 Å². The first-order chi connectivity index (χ1) is 7.69. The van der Waals surface area contributed by atoms with E-state index in [-0.39, 0.29) is 5.91 Å². The highest BCUT2D eigenvalue weighted by Gasteiger charge is 2.19. The molecule has 1 aromatic rings. The second-order valence-electron chi connectivity index (χ2n) is 4.99. The molecule has 0 fully saturated rings. The summed E-state index contributed by atoms with van der Waals surface area (Å²) < 4.78 is 5.94. The minimum atomic E-state index is -1.72. The largest absolute Gasteiger partial charge is 0.543 e. The van der Waals surface area contributed by atoms with Crippen LogP contribution in [0.2, 0.25) is 24.7 Å². The second-order valence-corrected chi connectivity index (χ2v) is 9.83. The van der Waals surface area contributed by atoms with Crippen molar-refractivity contribution in [1.82, 2.24) is 0 Å². The van der Waals surface area contributed by atoms with Gasteiger partial charge in [0, 0.05) is 11.9 Å². The predicted octanol–water partition coefficient (Wildman–Crippen LogP) is 3.82. The Bertz CT molecular complexity index is 441. The molecule has 5 heteroatoms. The van der Waals surface area contributed by atoms with Crippen LogP contribution in [0, 0.1) is 6.92 Å². The van der Waals surface area contributed by atoms with E-state index in [1.807, 2.05) is 13.0 Å². The molecule has 0 unspecified atom stereocenters. The first-order valence-electron chi connectivity index (χ1n) is 5.46. The summed E-state index contributed by atoms with van der Waals surface area (Å²) >= 11 is 6.04. The zero-order valence-electron chi connectivity index (χ0n) is 10.8. The lowest BCUT2D eigenvalue weighted by molar-refractivity contribution is -0.114. The number of benzene rings is 1. The fraction of sp³-hybridized carbons (Fsp3) is 0.417. The Morgan fingerprint density at radius 1 is 1.35 bits per heavy atom. The van der Waals surface area contributed by atoms with Gasteiger partial charge < -0.3 is 9.74 Å². The summed E-state index contributed by atoms with van der Waals surface area (Å²) in [5, 5.41) is 3.36. The van der Waals surface area contributed by atoms with E-state index in [1.165, 1.54) is 6.92 Å². The van der Waals surface area contributed by atoms with Crippen LogP contribution in [-0.2, 0) is 4.79 Å². The Balaban J connectivity index is 3.16. The van der Waals surface area contributed by atoms with Gasteiger partial charge in [0.1, 0.15) is 5.75 Å². The molecule has 0 aromatic heterocycles. The van der Waals surface area contributed by atoms with E-state index in [4.69, 9.17) is 16.0 Å². The van der Waals surface area contributed by atoms with E-state index in [0.29, 0.717) is 16.5 Å². The van der Waals surface area contributed by atoms with Gasteiger partial charge in [-0.25, -0.2) is 0 Å². The maximum atomic E-state index is 11.1. The van der Waals surface area contributed by atoms with Gasteiger partial charge >= 0.3 is 0 Å². The molecule has 0 aliphatic carbocycles. The zero-order valence-corrected chi connectivity index (χ0v) is 12.6. The molecule has 0 saturated carbocycles. The number of carbonyl (C=O) groups is 1. The third-order valence-corrected chi connectivity index (χ3v) is 3.23. The van der Waals surface area contributed by atoms with Crippen molar-refractivity contribution in [3.63, 3.8) is 0 Å². The standard InChI is InChI=1S/C12H18ClNO2Si/c1-8-6-12(16-17(3,4)5)11(7-10(8)13)14-9(2)15/h6-7H,1-5H3,(H,14,15). The molecular formula is C12H18ClNO2Si. The molecule has 0 aliphatic rings. The molecule has 1 N–H and O–H groups in total. The summed E-state index contributed by atoms with van der Waals surface area (Å²) in [6, 6.07) is 3.60. The molecule has 0 saturated heterocycles. The first-order valence-corrected chi connectivity index (χ1v) is 9.24. The van der Waals surface area contributed by atoms with E-state index >= 15 is 0 Å². The van der Waals surface area contributed by atoms with Crippen molar-refractivity contribution in [3.05, 3.63) is 22.7 Å². The summed E-state index contributed by atoms with van der Waals surface area (Å²) in [6.07, 6.45) is 0. The smallest absolute Gasteiger partial charge is 0.242 e. The molecule has 0 spiro atoms. The molecule has 17 heavy (non-hydrogen) atoms. The lowest BCUT2D eigenvalue weighted by Crippen LogP contribution is -2.30. The maximum absolute atomic E-state index is 11.1. The van der Waals surface area contributed by atoms with Gasteiger partial charge in [0.25, 0.3) is 0 Å². The summed E-state index contributed by atoms with van der Waals surface area (Å²) in [5.41, 5.74) is 1.57. The molecule has 0 radical (unpaired) electrons. The quantitative estimate of drug-likeness (QED) is 0.849. The van der Waals surface area contributed by atoms with Crippen LogP contribution in [0.5, 0.6) is 5.75 Å². The highest BCUT2D eigenvalue weighted by Crippen LogP contribution is 2.32. The van der Waals surface area contributed by atoms with Crippen molar-refractivity contribution in [2.75, 3.05) is 5.32 Å². The third kappa shape index (κ3) is 4.40. The number of anilines is 1. The van der Waals surface area contributed by atoms with Crippen molar-refractivity contribution in [2.45, 2.75) is 33.5 Å². The van der Waals surface area contributed by atoms with E-state index in [1.54, 1.807) is 6.07 Å². The van der Waals surface area contributed by atoms with Crippen LogP contribution in [0.3, 0.4) is 0 Å². The number of carbonyl (C=O) groups excluding carboxylic acids is 1. The molecule has 1 aromatic carbocycles. The zero-order chi connectivity index (χ0) is 13.2. The van der Waals surface area contributed by atoms with Crippen LogP contribution in [0.15, 0.2) is 12.1 Å². The van der Waals surface area contributed by atoms with Crippen LogP contribution < -0.4 is 9.74 Å². The van der Waals surface area contributed by atoms with Crippen LogP contribution in [0.4, 0.5) is 5.69 Å². The van der Waals surface area contributed by atoms with Crippen molar-refractivity contribution >= 4 is 31.5 Å². The Hall–Kier alpha value is -1.00. The number of rotatable bonds is 3. The number of halogens is 1. The van der Waals surface area contributed by atoms with Gasteiger partial charge in [-0.15, -0.1) is 0 Å². The maximum Gasteiger partial charge on any atom is 0.242 e. The normalized spacial score (nSPS) is 11.2. The monoisotopic (exact) mass is 271 g/mol. The van der Waals surface area contributed by atoms with Gasteiger partial charge in [0.15, 0.2) is 0 Å². The summed E-state index contributed by atoms with van der Waals surface area (Å²) in [5.74, 6) is 0.562. The van der Waals surface area contributed by atoms with Crippen LogP contribution >= 0.6 is 11.6 Å². The van der Waals surface area contributed by atoms with Gasteiger partial charge in [0.05, 0.1) is 5.69 Å². The number of hydrogen-bond acceptors (Lipinski definition) is 2.